The highest BCUT2D eigenvalue weighted by molar-refractivity contribution is 5.80. The Morgan fingerprint density at radius 1 is 1.46 bits per heavy atom. The van der Waals surface area contributed by atoms with Crippen molar-refractivity contribution in [3.8, 4) is 0 Å². The van der Waals surface area contributed by atoms with Gasteiger partial charge in [-0.05, 0) is 33.1 Å². The van der Waals surface area contributed by atoms with Crippen LogP contribution in [-0.2, 0) is 4.79 Å². The molecule has 0 aromatic carbocycles. The summed E-state index contributed by atoms with van der Waals surface area (Å²) in [7, 11) is 0. The summed E-state index contributed by atoms with van der Waals surface area (Å²) in [6, 6.07) is 0. The summed E-state index contributed by atoms with van der Waals surface area (Å²) in [4.78, 5) is 13.8. The van der Waals surface area contributed by atoms with E-state index in [1.54, 1.807) is 0 Å². The normalized spacial score (nSPS) is 21.5. The van der Waals surface area contributed by atoms with Crippen LogP contribution in [0.1, 0.15) is 33.1 Å². The first-order valence-corrected chi connectivity index (χ1v) is 5.25. The summed E-state index contributed by atoms with van der Waals surface area (Å²) in [5, 5.41) is 0. The molecule has 1 aliphatic rings. The van der Waals surface area contributed by atoms with E-state index in [1.165, 1.54) is 0 Å². The number of carbonyl (C=O) groups is 1. The monoisotopic (exact) mass is 181 g/mol. The van der Waals surface area contributed by atoms with Crippen molar-refractivity contribution >= 4 is 5.91 Å². The van der Waals surface area contributed by atoms with E-state index in [1.807, 2.05) is 18.7 Å². The van der Waals surface area contributed by atoms with Crippen LogP contribution in [0.2, 0.25) is 0 Å². The Morgan fingerprint density at radius 3 is 2.62 bits per heavy atom. The Labute approximate surface area is 80.6 Å². The van der Waals surface area contributed by atoms with E-state index < -0.39 is 0 Å². The number of rotatable bonds is 3. The van der Waals surface area contributed by atoms with E-state index >= 15 is 0 Å². The Kier molecular flexibility index (Phi) is 4.00. The second-order valence-electron chi connectivity index (χ2n) is 3.48. The molecule has 0 saturated carbocycles. The van der Waals surface area contributed by atoms with Crippen molar-refractivity contribution in [2.24, 2.45) is 5.92 Å². The number of hydrogen-bond donors (Lipinski definition) is 0. The topological polar surface area (TPSA) is 20.3 Å². The number of allylic oxidation sites excluding steroid dienone is 1. The van der Waals surface area contributed by atoms with Crippen molar-refractivity contribution in [3.63, 3.8) is 0 Å². The van der Waals surface area contributed by atoms with Crippen molar-refractivity contribution in [3.05, 3.63) is 12.2 Å². The molecule has 0 radical (unpaired) electrons. The summed E-state index contributed by atoms with van der Waals surface area (Å²) in [5.41, 5.74) is 0. The van der Waals surface area contributed by atoms with Gasteiger partial charge < -0.3 is 4.90 Å². The standard InChI is InChI=1S/C11H19NO/c1-3-12(4-2)11(13)10-8-6-5-7-9-10/h6,8,10H,3-5,7,9H2,1-2H3. The second kappa shape index (κ2) is 5.05. The highest BCUT2D eigenvalue weighted by atomic mass is 16.2. The van der Waals surface area contributed by atoms with E-state index in [0.717, 1.165) is 32.4 Å². The minimum absolute atomic E-state index is 0.161. The molecule has 0 spiro atoms. The molecular weight excluding hydrogens is 162 g/mol. The molecule has 0 N–H and O–H groups in total. The quantitative estimate of drug-likeness (QED) is 0.611. The van der Waals surface area contributed by atoms with Crippen LogP contribution in [0.25, 0.3) is 0 Å². The molecule has 13 heavy (non-hydrogen) atoms. The van der Waals surface area contributed by atoms with Gasteiger partial charge in [-0.3, -0.25) is 4.79 Å². The van der Waals surface area contributed by atoms with Crippen LogP contribution in [0.5, 0.6) is 0 Å². The Bertz CT molecular complexity index is 194. The lowest BCUT2D eigenvalue weighted by molar-refractivity contribution is -0.133. The number of nitrogens with zero attached hydrogens (tertiary/aromatic N) is 1. The zero-order valence-corrected chi connectivity index (χ0v) is 8.62. The van der Waals surface area contributed by atoms with Gasteiger partial charge in [-0.2, -0.15) is 0 Å². The molecule has 0 aromatic rings. The molecule has 1 atom stereocenters. The third-order valence-corrected chi connectivity index (χ3v) is 2.65. The van der Waals surface area contributed by atoms with Gasteiger partial charge in [0, 0.05) is 13.1 Å². The van der Waals surface area contributed by atoms with Crippen molar-refractivity contribution < 1.29 is 4.79 Å². The third kappa shape index (κ3) is 2.58. The van der Waals surface area contributed by atoms with Crippen LogP contribution in [0.3, 0.4) is 0 Å². The van der Waals surface area contributed by atoms with Crippen molar-refractivity contribution in [2.75, 3.05) is 13.1 Å². The van der Waals surface area contributed by atoms with Gasteiger partial charge in [0.15, 0.2) is 0 Å². The third-order valence-electron chi connectivity index (χ3n) is 2.65. The van der Waals surface area contributed by atoms with Gasteiger partial charge in [0.1, 0.15) is 0 Å². The molecular formula is C11H19NO. The zero-order chi connectivity index (χ0) is 9.68. The first-order chi connectivity index (χ1) is 6.29. The van der Waals surface area contributed by atoms with Crippen molar-refractivity contribution in [2.45, 2.75) is 33.1 Å². The average molecular weight is 181 g/mol. The molecule has 0 fully saturated rings. The maximum atomic E-state index is 11.8. The highest BCUT2D eigenvalue weighted by Gasteiger charge is 2.20. The lowest BCUT2D eigenvalue weighted by atomic mass is 9.94. The second-order valence-corrected chi connectivity index (χ2v) is 3.48. The van der Waals surface area contributed by atoms with Crippen LogP contribution in [-0.4, -0.2) is 23.9 Å². The van der Waals surface area contributed by atoms with Crippen LogP contribution in [0.4, 0.5) is 0 Å². The minimum atomic E-state index is 0.161. The summed E-state index contributed by atoms with van der Waals surface area (Å²) < 4.78 is 0. The van der Waals surface area contributed by atoms with Gasteiger partial charge in [0.2, 0.25) is 5.91 Å². The predicted octanol–water partition coefficient (Wildman–Crippen LogP) is 2.21. The Balaban J connectivity index is 2.54. The van der Waals surface area contributed by atoms with Gasteiger partial charge in [0.05, 0.1) is 5.92 Å². The van der Waals surface area contributed by atoms with Gasteiger partial charge in [-0.15, -0.1) is 0 Å². The van der Waals surface area contributed by atoms with Crippen LogP contribution in [0, 0.1) is 5.92 Å². The lowest BCUT2D eigenvalue weighted by Gasteiger charge is -2.24. The van der Waals surface area contributed by atoms with Crippen LogP contribution < -0.4 is 0 Å². The van der Waals surface area contributed by atoms with E-state index in [4.69, 9.17) is 0 Å². The maximum absolute atomic E-state index is 11.8. The fourth-order valence-electron chi connectivity index (χ4n) is 1.79. The maximum Gasteiger partial charge on any atom is 0.229 e. The zero-order valence-electron chi connectivity index (χ0n) is 8.62. The smallest absolute Gasteiger partial charge is 0.229 e. The fourth-order valence-corrected chi connectivity index (χ4v) is 1.79. The molecule has 0 heterocycles. The van der Waals surface area contributed by atoms with Gasteiger partial charge in [-0.25, -0.2) is 0 Å². The first-order valence-electron chi connectivity index (χ1n) is 5.25. The molecule has 1 amide bonds. The predicted molar refractivity (Wildman–Crippen MR) is 54.4 cm³/mol. The fraction of sp³-hybridized carbons (Fsp3) is 0.727. The molecule has 0 bridgehead atoms. The summed E-state index contributed by atoms with van der Waals surface area (Å²) in [6.45, 7) is 5.74. The van der Waals surface area contributed by atoms with Crippen molar-refractivity contribution in [1.29, 1.82) is 0 Å². The molecule has 0 saturated heterocycles. The Hall–Kier alpha value is -0.790. The summed E-state index contributed by atoms with van der Waals surface area (Å²) in [5.74, 6) is 0.467. The SMILES string of the molecule is CCN(CC)C(=O)C1C=CCCC1. The van der Waals surface area contributed by atoms with Gasteiger partial charge >= 0.3 is 0 Å². The molecule has 2 nitrogen and oxygen atoms in total. The van der Waals surface area contributed by atoms with Gasteiger partial charge in [-0.1, -0.05) is 12.2 Å². The largest absolute Gasteiger partial charge is 0.343 e. The molecule has 1 unspecified atom stereocenters. The Morgan fingerprint density at radius 2 is 2.15 bits per heavy atom. The lowest BCUT2D eigenvalue weighted by Crippen LogP contribution is -2.35. The molecule has 0 aromatic heterocycles. The van der Waals surface area contributed by atoms with Gasteiger partial charge in [0.25, 0.3) is 0 Å². The minimum Gasteiger partial charge on any atom is -0.343 e. The van der Waals surface area contributed by atoms with E-state index in [0.29, 0.717) is 5.91 Å². The number of hydrogen-bond acceptors (Lipinski definition) is 1. The van der Waals surface area contributed by atoms with E-state index in [9.17, 15) is 4.79 Å². The van der Waals surface area contributed by atoms with E-state index in [2.05, 4.69) is 12.2 Å². The van der Waals surface area contributed by atoms with Crippen LogP contribution >= 0.6 is 0 Å². The molecule has 0 aliphatic heterocycles. The molecule has 1 rings (SSSR count). The summed E-state index contributed by atoms with van der Waals surface area (Å²) in [6.07, 6.45) is 7.54. The average Bonchev–Trinajstić information content (AvgIpc) is 2.21. The van der Waals surface area contributed by atoms with Crippen molar-refractivity contribution in [1.82, 2.24) is 4.90 Å². The first kappa shape index (κ1) is 10.3. The molecule has 74 valence electrons. The summed E-state index contributed by atoms with van der Waals surface area (Å²) >= 11 is 0. The van der Waals surface area contributed by atoms with E-state index in [-0.39, 0.29) is 5.92 Å². The molecule has 2 heteroatoms. The highest BCUT2D eigenvalue weighted by Crippen LogP contribution is 2.19. The molecule has 1 aliphatic carbocycles. The number of amides is 1. The van der Waals surface area contributed by atoms with Crippen LogP contribution in [0.15, 0.2) is 12.2 Å². The number of carbonyl (C=O) groups excluding carboxylic acids is 1.